The van der Waals surface area contributed by atoms with Crippen molar-refractivity contribution in [3.63, 3.8) is 0 Å². The molecule has 0 amide bonds. The van der Waals surface area contributed by atoms with Crippen LogP contribution in [0.1, 0.15) is 38.5 Å². The Kier molecular flexibility index (Phi) is 4.83. The first kappa shape index (κ1) is 13.3. The molecule has 1 aliphatic heterocycles. The molecular weight excluding hydrogens is 210 g/mol. The van der Waals surface area contributed by atoms with E-state index in [1.807, 2.05) is 0 Å². The van der Waals surface area contributed by atoms with Crippen molar-refractivity contribution in [1.82, 2.24) is 10.2 Å². The van der Waals surface area contributed by atoms with Crippen molar-refractivity contribution in [2.75, 3.05) is 39.8 Å². The molecule has 0 radical (unpaired) electrons. The first-order chi connectivity index (χ1) is 8.24. The summed E-state index contributed by atoms with van der Waals surface area (Å²) in [5.41, 5.74) is 6.33. The molecule has 0 aromatic carbocycles. The second kappa shape index (κ2) is 6.17. The highest BCUT2D eigenvalue weighted by molar-refractivity contribution is 4.90. The van der Waals surface area contributed by atoms with Crippen molar-refractivity contribution in [1.29, 1.82) is 0 Å². The summed E-state index contributed by atoms with van der Waals surface area (Å²) in [6, 6.07) is 0. The molecule has 2 fully saturated rings. The first-order valence-corrected chi connectivity index (χ1v) is 7.33. The van der Waals surface area contributed by atoms with Crippen LogP contribution in [0.4, 0.5) is 0 Å². The van der Waals surface area contributed by atoms with Gasteiger partial charge in [0.2, 0.25) is 0 Å². The predicted molar refractivity (Wildman–Crippen MR) is 73.0 cm³/mol. The number of nitrogens with one attached hydrogen (secondary N) is 1. The SMILES string of the molecule is CN1CCCC(CCNCC2(CN)CCC2)C1. The Morgan fingerprint density at radius 1 is 1.35 bits per heavy atom. The van der Waals surface area contributed by atoms with Crippen LogP contribution in [0.5, 0.6) is 0 Å². The Balaban J connectivity index is 1.56. The van der Waals surface area contributed by atoms with Crippen LogP contribution in [0.2, 0.25) is 0 Å². The number of nitrogens with two attached hydrogens (primary N) is 1. The summed E-state index contributed by atoms with van der Waals surface area (Å²) in [4.78, 5) is 2.47. The van der Waals surface area contributed by atoms with Crippen LogP contribution in [0, 0.1) is 11.3 Å². The fourth-order valence-corrected chi connectivity index (χ4v) is 3.30. The summed E-state index contributed by atoms with van der Waals surface area (Å²) < 4.78 is 0. The first-order valence-electron chi connectivity index (χ1n) is 7.33. The minimum absolute atomic E-state index is 0.462. The molecule has 1 aliphatic carbocycles. The third-order valence-electron chi connectivity index (χ3n) is 4.80. The number of piperidine rings is 1. The second-order valence-electron chi connectivity index (χ2n) is 6.29. The van der Waals surface area contributed by atoms with Crippen molar-refractivity contribution in [2.45, 2.75) is 38.5 Å². The van der Waals surface area contributed by atoms with Gasteiger partial charge in [-0.3, -0.25) is 0 Å². The smallest absolute Gasteiger partial charge is 0.00199 e. The van der Waals surface area contributed by atoms with Crippen LogP contribution in [0.3, 0.4) is 0 Å². The van der Waals surface area contributed by atoms with E-state index in [-0.39, 0.29) is 0 Å². The van der Waals surface area contributed by atoms with Crippen LogP contribution >= 0.6 is 0 Å². The second-order valence-corrected chi connectivity index (χ2v) is 6.29. The molecule has 3 N–H and O–H groups in total. The largest absolute Gasteiger partial charge is 0.330 e. The summed E-state index contributed by atoms with van der Waals surface area (Å²) in [6.45, 7) is 5.78. The van der Waals surface area contributed by atoms with Gasteiger partial charge in [-0.2, -0.15) is 0 Å². The summed E-state index contributed by atoms with van der Waals surface area (Å²) in [6.07, 6.45) is 8.20. The molecular formula is C14H29N3. The van der Waals surface area contributed by atoms with Gasteiger partial charge in [-0.1, -0.05) is 6.42 Å². The fourth-order valence-electron chi connectivity index (χ4n) is 3.30. The molecule has 0 aromatic rings. The van der Waals surface area contributed by atoms with E-state index in [0.29, 0.717) is 5.41 Å². The molecule has 1 heterocycles. The van der Waals surface area contributed by atoms with E-state index in [4.69, 9.17) is 5.73 Å². The lowest BCUT2D eigenvalue weighted by Crippen LogP contribution is -2.46. The van der Waals surface area contributed by atoms with Gasteiger partial charge in [0.15, 0.2) is 0 Å². The third kappa shape index (κ3) is 3.67. The van der Waals surface area contributed by atoms with Crippen molar-refractivity contribution in [2.24, 2.45) is 17.1 Å². The number of likely N-dealkylation sites (tertiary alicyclic amines) is 1. The number of rotatable bonds is 6. The van der Waals surface area contributed by atoms with E-state index in [1.165, 1.54) is 58.2 Å². The molecule has 2 rings (SSSR count). The van der Waals surface area contributed by atoms with E-state index in [9.17, 15) is 0 Å². The summed E-state index contributed by atoms with van der Waals surface area (Å²) in [5.74, 6) is 0.913. The van der Waals surface area contributed by atoms with Gasteiger partial charge in [0.25, 0.3) is 0 Å². The molecule has 1 saturated carbocycles. The Bertz CT molecular complexity index is 220. The Morgan fingerprint density at radius 2 is 2.18 bits per heavy atom. The van der Waals surface area contributed by atoms with Gasteiger partial charge in [0.05, 0.1) is 0 Å². The van der Waals surface area contributed by atoms with Gasteiger partial charge in [0.1, 0.15) is 0 Å². The minimum Gasteiger partial charge on any atom is -0.330 e. The molecule has 3 heteroatoms. The molecule has 17 heavy (non-hydrogen) atoms. The van der Waals surface area contributed by atoms with Crippen LogP contribution in [0.25, 0.3) is 0 Å². The molecule has 0 bridgehead atoms. The molecule has 1 saturated heterocycles. The predicted octanol–water partition coefficient (Wildman–Crippen LogP) is 1.44. The van der Waals surface area contributed by atoms with Gasteiger partial charge in [-0.25, -0.2) is 0 Å². The van der Waals surface area contributed by atoms with Gasteiger partial charge < -0.3 is 16.0 Å². The molecule has 1 atom stereocenters. The summed E-state index contributed by atoms with van der Waals surface area (Å²) in [5, 5.41) is 3.64. The molecule has 2 aliphatic rings. The van der Waals surface area contributed by atoms with Crippen LogP contribution in [-0.4, -0.2) is 44.7 Å². The lowest BCUT2D eigenvalue weighted by molar-refractivity contribution is 0.138. The van der Waals surface area contributed by atoms with Crippen molar-refractivity contribution in [3.8, 4) is 0 Å². The molecule has 3 nitrogen and oxygen atoms in total. The van der Waals surface area contributed by atoms with Crippen LogP contribution in [-0.2, 0) is 0 Å². The quantitative estimate of drug-likeness (QED) is 0.689. The highest BCUT2D eigenvalue weighted by atomic mass is 15.1. The van der Waals surface area contributed by atoms with E-state index >= 15 is 0 Å². The number of nitrogens with zero attached hydrogens (tertiary/aromatic N) is 1. The Hall–Kier alpha value is -0.120. The normalized spacial score (nSPS) is 28.9. The highest BCUT2D eigenvalue weighted by Crippen LogP contribution is 2.39. The zero-order chi connectivity index (χ0) is 12.1. The van der Waals surface area contributed by atoms with Crippen molar-refractivity contribution < 1.29 is 0 Å². The summed E-state index contributed by atoms with van der Waals surface area (Å²) in [7, 11) is 2.25. The van der Waals surface area contributed by atoms with Crippen molar-refractivity contribution in [3.05, 3.63) is 0 Å². The molecule has 100 valence electrons. The van der Waals surface area contributed by atoms with E-state index in [2.05, 4.69) is 17.3 Å². The van der Waals surface area contributed by atoms with Crippen molar-refractivity contribution >= 4 is 0 Å². The molecule has 0 aromatic heterocycles. The van der Waals surface area contributed by atoms with E-state index in [1.54, 1.807) is 0 Å². The average Bonchev–Trinajstić information content (AvgIpc) is 2.27. The Morgan fingerprint density at radius 3 is 2.76 bits per heavy atom. The average molecular weight is 239 g/mol. The molecule has 1 unspecified atom stereocenters. The van der Waals surface area contributed by atoms with Crippen LogP contribution in [0.15, 0.2) is 0 Å². The number of hydrogen-bond donors (Lipinski definition) is 2. The number of hydrogen-bond acceptors (Lipinski definition) is 3. The Labute approximate surface area is 106 Å². The standard InChI is InChI=1S/C14H29N3/c1-17-9-2-4-13(10-17)5-8-16-12-14(11-15)6-3-7-14/h13,16H,2-12,15H2,1H3. The zero-order valence-corrected chi connectivity index (χ0v) is 11.4. The minimum atomic E-state index is 0.462. The lowest BCUT2D eigenvalue weighted by atomic mass is 9.69. The van der Waals surface area contributed by atoms with Gasteiger partial charge in [-0.15, -0.1) is 0 Å². The fraction of sp³-hybridized carbons (Fsp3) is 1.00. The van der Waals surface area contributed by atoms with E-state index in [0.717, 1.165) is 19.0 Å². The lowest BCUT2D eigenvalue weighted by Gasteiger charge is -2.41. The maximum Gasteiger partial charge on any atom is 0.00199 e. The monoisotopic (exact) mass is 239 g/mol. The maximum atomic E-state index is 5.87. The summed E-state index contributed by atoms with van der Waals surface area (Å²) >= 11 is 0. The zero-order valence-electron chi connectivity index (χ0n) is 11.4. The molecule has 0 spiro atoms. The third-order valence-corrected chi connectivity index (χ3v) is 4.80. The van der Waals surface area contributed by atoms with Gasteiger partial charge in [-0.05, 0) is 70.1 Å². The van der Waals surface area contributed by atoms with Crippen LogP contribution < -0.4 is 11.1 Å². The van der Waals surface area contributed by atoms with Gasteiger partial charge >= 0.3 is 0 Å². The highest BCUT2D eigenvalue weighted by Gasteiger charge is 2.34. The van der Waals surface area contributed by atoms with Gasteiger partial charge in [0, 0.05) is 13.1 Å². The van der Waals surface area contributed by atoms with E-state index < -0.39 is 0 Å². The topological polar surface area (TPSA) is 41.3 Å². The maximum absolute atomic E-state index is 5.87.